The summed E-state index contributed by atoms with van der Waals surface area (Å²) in [6.07, 6.45) is 1.12. The molecule has 0 fully saturated rings. The van der Waals surface area contributed by atoms with Gasteiger partial charge in [-0.3, -0.25) is 9.59 Å². The molecule has 30 heavy (non-hydrogen) atoms. The average molecular weight is 434 g/mol. The molecule has 2 heterocycles. The fourth-order valence-corrected chi connectivity index (χ4v) is 3.40. The lowest BCUT2D eigenvalue weighted by Crippen LogP contribution is -2.25. The first kappa shape index (κ1) is 21.8. The number of aryl methyl sites for hydroxylation is 2. The van der Waals surface area contributed by atoms with Gasteiger partial charge in [0, 0.05) is 23.4 Å². The van der Waals surface area contributed by atoms with Gasteiger partial charge in [0.15, 0.2) is 17.7 Å². The normalized spacial score (nSPS) is 12.2. The molecule has 3 rings (SSSR count). The van der Waals surface area contributed by atoms with Crippen molar-refractivity contribution >= 4 is 29.3 Å². The number of hydrogen-bond donors (Lipinski definition) is 0. The maximum atomic E-state index is 13.3. The van der Waals surface area contributed by atoms with E-state index in [0.29, 0.717) is 17.4 Å². The Morgan fingerprint density at radius 1 is 1.20 bits per heavy atom. The molecule has 0 saturated heterocycles. The fraction of sp³-hybridized carbons (Fsp3) is 0.350. The third kappa shape index (κ3) is 4.48. The van der Waals surface area contributed by atoms with Crippen molar-refractivity contribution in [1.29, 1.82) is 0 Å². The average Bonchev–Trinajstić information content (AvgIpc) is 3.12. The summed E-state index contributed by atoms with van der Waals surface area (Å²) in [5, 5.41) is 4.97. The largest absolute Gasteiger partial charge is 0.454 e. The van der Waals surface area contributed by atoms with Crippen molar-refractivity contribution < 1.29 is 23.1 Å². The van der Waals surface area contributed by atoms with Gasteiger partial charge in [-0.25, -0.2) is 18.3 Å². The number of halogens is 2. The smallest absolute Gasteiger partial charge is 0.306 e. The van der Waals surface area contributed by atoms with Gasteiger partial charge >= 0.3 is 5.97 Å². The Kier molecular flexibility index (Phi) is 6.45. The van der Waals surface area contributed by atoms with Gasteiger partial charge in [-0.15, -0.1) is 5.10 Å². The van der Waals surface area contributed by atoms with Gasteiger partial charge in [0.25, 0.3) is 5.78 Å². The number of esters is 1. The molecule has 0 aliphatic carbocycles. The van der Waals surface area contributed by atoms with Crippen LogP contribution in [0.3, 0.4) is 0 Å². The molecule has 0 amide bonds. The van der Waals surface area contributed by atoms with Gasteiger partial charge in [0.05, 0.1) is 0 Å². The predicted molar refractivity (Wildman–Crippen MR) is 107 cm³/mol. The van der Waals surface area contributed by atoms with Crippen molar-refractivity contribution in [2.24, 2.45) is 0 Å². The Hall–Kier alpha value is -2.88. The van der Waals surface area contributed by atoms with Gasteiger partial charge in [-0.05, 0) is 57.2 Å². The van der Waals surface area contributed by atoms with E-state index in [4.69, 9.17) is 4.74 Å². The van der Waals surface area contributed by atoms with Crippen LogP contribution >= 0.6 is 11.8 Å². The highest BCUT2D eigenvalue weighted by Crippen LogP contribution is 2.19. The number of fused-ring (bicyclic) bond motifs is 1. The molecule has 0 aliphatic rings. The number of Topliss-reactive ketones (excluding diaryl/α,β-unsaturated/α-hetero) is 1. The lowest BCUT2D eigenvalue weighted by Gasteiger charge is -2.14. The van der Waals surface area contributed by atoms with Crippen LogP contribution in [0.25, 0.3) is 5.78 Å². The van der Waals surface area contributed by atoms with E-state index in [1.807, 2.05) is 20.1 Å². The molecule has 158 valence electrons. The lowest BCUT2D eigenvalue weighted by molar-refractivity contribution is -0.146. The number of ether oxygens (including phenoxy) is 1. The number of nitrogens with zero attached hydrogens (tertiary/aromatic N) is 4. The molecular formula is C20H20F2N4O3S. The van der Waals surface area contributed by atoms with Crippen LogP contribution in [0, 0.1) is 25.5 Å². The van der Waals surface area contributed by atoms with Crippen LogP contribution in [0.5, 0.6) is 0 Å². The molecule has 1 atom stereocenters. The van der Waals surface area contributed by atoms with E-state index in [2.05, 4.69) is 15.1 Å². The monoisotopic (exact) mass is 434 g/mol. The summed E-state index contributed by atoms with van der Waals surface area (Å²) in [4.78, 5) is 33.3. The first-order valence-electron chi connectivity index (χ1n) is 9.16. The zero-order valence-corrected chi connectivity index (χ0v) is 17.7. The summed E-state index contributed by atoms with van der Waals surface area (Å²) < 4.78 is 33.2. The highest BCUT2D eigenvalue weighted by atomic mass is 32.2. The van der Waals surface area contributed by atoms with Crippen LogP contribution in [-0.2, 0) is 16.0 Å². The highest BCUT2D eigenvalue weighted by Gasteiger charge is 2.21. The van der Waals surface area contributed by atoms with Crippen molar-refractivity contribution in [2.75, 3.05) is 6.26 Å². The topological polar surface area (TPSA) is 86.5 Å². The van der Waals surface area contributed by atoms with Crippen LogP contribution in [-0.4, -0.2) is 43.7 Å². The number of benzene rings is 1. The van der Waals surface area contributed by atoms with Crippen LogP contribution in [0.2, 0.25) is 0 Å². The number of rotatable bonds is 7. The Labute approximate surface area is 175 Å². The van der Waals surface area contributed by atoms with Crippen molar-refractivity contribution in [3.05, 3.63) is 52.3 Å². The number of ketones is 1. The second kappa shape index (κ2) is 8.86. The molecule has 3 aromatic rings. The Morgan fingerprint density at radius 2 is 1.93 bits per heavy atom. The summed E-state index contributed by atoms with van der Waals surface area (Å²) in [5.74, 6) is -2.88. The molecule has 0 aliphatic heterocycles. The molecule has 0 unspecified atom stereocenters. The maximum absolute atomic E-state index is 13.3. The van der Waals surface area contributed by atoms with Crippen LogP contribution < -0.4 is 0 Å². The minimum Gasteiger partial charge on any atom is -0.454 e. The molecule has 1 aromatic carbocycles. The number of aromatic nitrogens is 4. The minimum atomic E-state index is -1.13. The number of carbonyl (C=O) groups is 2. The Morgan fingerprint density at radius 3 is 2.60 bits per heavy atom. The van der Waals surface area contributed by atoms with Crippen molar-refractivity contribution in [3.8, 4) is 0 Å². The van der Waals surface area contributed by atoms with Gasteiger partial charge in [0.1, 0.15) is 0 Å². The van der Waals surface area contributed by atoms with Crippen LogP contribution in [0.1, 0.15) is 40.7 Å². The maximum Gasteiger partial charge on any atom is 0.306 e. The summed E-state index contributed by atoms with van der Waals surface area (Å²) in [6, 6.07) is 2.80. The van der Waals surface area contributed by atoms with Crippen molar-refractivity contribution in [2.45, 2.75) is 44.9 Å². The van der Waals surface area contributed by atoms with E-state index in [1.54, 1.807) is 4.52 Å². The molecule has 10 heteroatoms. The third-order valence-corrected chi connectivity index (χ3v) is 5.21. The number of thioether (sulfide) groups is 1. The summed E-state index contributed by atoms with van der Waals surface area (Å²) in [6.45, 7) is 5.09. The van der Waals surface area contributed by atoms with Crippen molar-refractivity contribution in [3.63, 3.8) is 0 Å². The van der Waals surface area contributed by atoms with Crippen LogP contribution in [0.4, 0.5) is 8.78 Å². The number of hydrogen-bond acceptors (Lipinski definition) is 7. The van der Waals surface area contributed by atoms with Gasteiger partial charge in [-0.1, -0.05) is 11.8 Å². The van der Waals surface area contributed by atoms with E-state index in [0.717, 1.165) is 35.2 Å². The van der Waals surface area contributed by atoms with Gasteiger partial charge < -0.3 is 4.74 Å². The number of carbonyl (C=O) groups excluding carboxylic acids is 2. The summed E-state index contributed by atoms with van der Waals surface area (Å²) in [7, 11) is 0. The molecule has 7 nitrogen and oxygen atoms in total. The zero-order chi connectivity index (χ0) is 22.0. The molecule has 0 spiro atoms. The minimum absolute atomic E-state index is 0.0222. The van der Waals surface area contributed by atoms with E-state index in [9.17, 15) is 18.4 Å². The van der Waals surface area contributed by atoms with E-state index < -0.39 is 29.5 Å². The second-order valence-corrected chi connectivity index (χ2v) is 7.47. The second-order valence-electron chi connectivity index (χ2n) is 6.70. The predicted octanol–water partition coefficient (Wildman–Crippen LogP) is 3.49. The standard InChI is InChI=1S/C20H20F2N4O3S/c1-10-14(11(2)26-19(23-10)24-20(25-26)30-4)6-8-17(27)29-12(3)18(28)13-5-7-15(21)16(22)9-13/h5,7,9,12H,6,8H2,1-4H3/t12-/m1/s1. The Bertz CT molecular complexity index is 1130. The van der Waals surface area contributed by atoms with Crippen molar-refractivity contribution in [1.82, 2.24) is 19.6 Å². The Balaban J connectivity index is 1.66. The van der Waals surface area contributed by atoms with Gasteiger partial charge in [-0.2, -0.15) is 4.98 Å². The SMILES string of the molecule is CSc1nc2nc(C)c(CCC(=O)O[C@H](C)C(=O)c3ccc(F)c(F)c3)c(C)n2n1. The zero-order valence-electron chi connectivity index (χ0n) is 16.9. The highest BCUT2D eigenvalue weighted by molar-refractivity contribution is 7.98. The molecule has 0 saturated carbocycles. The van der Waals surface area contributed by atoms with Gasteiger partial charge in [0.2, 0.25) is 10.9 Å². The molecule has 2 aromatic heterocycles. The third-order valence-electron chi connectivity index (χ3n) is 4.67. The molecule has 0 N–H and O–H groups in total. The molecule has 0 bridgehead atoms. The first-order valence-corrected chi connectivity index (χ1v) is 10.4. The fourth-order valence-electron chi connectivity index (χ4n) is 3.06. The molecular weight excluding hydrogens is 414 g/mol. The first-order chi connectivity index (χ1) is 14.2. The quantitative estimate of drug-likeness (QED) is 0.320. The molecule has 0 radical (unpaired) electrons. The van der Waals surface area contributed by atoms with E-state index in [-0.39, 0.29) is 12.0 Å². The summed E-state index contributed by atoms with van der Waals surface area (Å²) in [5.41, 5.74) is 2.34. The lowest BCUT2D eigenvalue weighted by atomic mass is 10.1. The summed E-state index contributed by atoms with van der Waals surface area (Å²) >= 11 is 1.41. The van der Waals surface area contributed by atoms with E-state index >= 15 is 0 Å². The van der Waals surface area contributed by atoms with E-state index in [1.165, 1.54) is 18.7 Å². The van der Waals surface area contributed by atoms with Crippen LogP contribution in [0.15, 0.2) is 23.4 Å².